The fourth-order valence-corrected chi connectivity index (χ4v) is 5.54. The maximum absolute atomic E-state index is 14.6. The number of nitrogens with zero attached hydrogens (tertiary/aromatic N) is 3. The zero-order chi connectivity index (χ0) is 24.2. The van der Waals surface area contributed by atoms with E-state index < -0.39 is 5.97 Å². The molecule has 3 aromatic rings. The molecule has 2 aromatic heterocycles. The van der Waals surface area contributed by atoms with E-state index in [1.807, 2.05) is 4.57 Å². The first-order valence-electron chi connectivity index (χ1n) is 11.6. The van der Waals surface area contributed by atoms with E-state index in [-0.39, 0.29) is 35.6 Å². The molecule has 0 atom stereocenters. The first kappa shape index (κ1) is 24.2. The van der Waals surface area contributed by atoms with Crippen LogP contribution < -0.4 is 0 Å². The van der Waals surface area contributed by atoms with Crippen LogP contribution in [0.4, 0.5) is 4.39 Å². The highest BCUT2D eigenvalue weighted by Crippen LogP contribution is 2.36. The third kappa shape index (κ3) is 4.80. The van der Waals surface area contributed by atoms with Crippen molar-refractivity contribution in [1.82, 2.24) is 19.7 Å². The predicted octanol–water partition coefficient (Wildman–Crippen LogP) is 5.69. The van der Waals surface area contributed by atoms with Crippen LogP contribution in [0.2, 0.25) is 0 Å². The molecule has 9 heteroatoms. The third-order valence-electron chi connectivity index (χ3n) is 6.18. The number of hydrogen-bond donors (Lipinski definition) is 1. The van der Waals surface area contributed by atoms with Crippen LogP contribution in [0, 0.1) is 19.7 Å². The summed E-state index contributed by atoms with van der Waals surface area (Å²) in [5, 5.41) is 9.26. The molecule has 0 amide bonds. The van der Waals surface area contributed by atoms with Gasteiger partial charge in [-0.05, 0) is 45.7 Å². The number of carbonyl (C=O) groups is 2. The number of carbonyl (C=O) groups excluding carboxylic acids is 2. The number of Topliss-reactive ketones (excluding diaryl/α,β-unsaturated/α-hetero) is 1. The topological polar surface area (TPSA) is 89.9 Å². The molecule has 0 radical (unpaired) electrons. The molecule has 1 N–H and O–H groups in total. The summed E-state index contributed by atoms with van der Waals surface area (Å²) in [7, 11) is 0. The molecule has 7 nitrogen and oxygen atoms in total. The van der Waals surface area contributed by atoms with Gasteiger partial charge in [-0.25, -0.2) is 9.18 Å². The second-order valence-electron chi connectivity index (χ2n) is 8.51. The molecule has 2 heterocycles. The average molecular weight is 485 g/mol. The molecule has 1 fully saturated rings. The SMILES string of the molecule is CCOC(=O)c1c(C)[nH]c(C)c1C(=O)CSc1nnc(-c2ccccc2F)n1C1CCCCC1. The standard InChI is InChI=1S/C25H29FN4O3S/c1-4-33-24(32)22-16(3)27-15(2)21(22)20(31)14-34-25-29-28-23(18-12-8-9-13-19(18)26)30(25)17-10-6-5-7-11-17/h8-9,12-13,17,27H,4-7,10-11,14H2,1-3H3. The third-order valence-corrected chi connectivity index (χ3v) is 7.13. The van der Waals surface area contributed by atoms with Crippen LogP contribution in [-0.4, -0.2) is 43.9 Å². The molecule has 0 spiro atoms. The molecule has 0 unspecified atom stereocenters. The number of ketones is 1. The number of thioether (sulfide) groups is 1. The molecule has 34 heavy (non-hydrogen) atoms. The highest BCUT2D eigenvalue weighted by atomic mass is 32.2. The summed E-state index contributed by atoms with van der Waals surface area (Å²) in [6.07, 6.45) is 5.28. The summed E-state index contributed by atoms with van der Waals surface area (Å²) in [6, 6.07) is 6.71. The van der Waals surface area contributed by atoms with Crippen LogP contribution in [0.5, 0.6) is 0 Å². The number of nitrogens with one attached hydrogen (secondary N) is 1. The lowest BCUT2D eigenvalue weighted by molar-refractivity contribution is 0.0522. The molecule has 0 saturated heterocycles. The van der Waals surface area contributed by atoms with Crippen LogP contribution in [0.15, 0.2) is 29.4 Å². The quantitative estimate of drug-likeness (QED) is 0.251. The van der Waals surface area contributed by atoms with E-state index >= 15 is 0 Å². The Morgan fingerprint density at radius 3 is 2.53 bits per heavy atom. The summed E-state index contributed by atoms with van der Waals surface area (Å²) >= 11 is 1.27. The maximum atomic E-state index is 14.6. The largest absolute Gasteiger partial charge is 0.462 e. The van der Waals surface area contributed by atoms with Crippen LogP contribution in [0.25, 0.3) is 11.4 Å². The van der Waals surface area contributed by atoms with Crippen molar-refractivity contribution in [3.63, 3.8) is 0 Å². The summed E-state index contributed by atoms with van der Waals surface area (Å²) in [6.45, 7) is 5.49. The van der Waals surface area contributed by atoms with Crippen molar-refractivity contribution in [3.05, 3.63) is 52.6 Å². The fraction of sp³-hybridized carbons (Fsp3) is 0.440. The van der Waals surface area contributed by atoms with Gasteiger partial charge in [0.15, 0.2) is 16.8 Å². The second kappa shape index (κ2) is 10.5. The predicted molar refractivity (Wildman–Crippen MR) is 129 cm³/mol. The number of benzene rings is 1. The van der Waals surface area contributed by atoms with Gasteiger partial charge in [-0.2, -0.15) is 0 Å². The Balaban J connectivity index is 1.64. The Morgan fingerprint density at radius 2 is 1.82 bits per heavy atom. The van der Waals surface area contributed by atoms with Gasteiger partial charge in [-0.1, -0.05) is 43.2 Å². The van der Waals surface area contributed by atoms with Crippen LogP contribution in [0.1, 0.15) is 77.2 Å². The molecular formula is C25H29FN4O3S. The van der Waals surface area contributed by atoms with E-state index in [0.717, 1.165) is 25.7 Å². The van der Waals surface area contributed by atoms with E-state index in [9.17, 15) is 14.0 Å². The number of hydrogen-bond acceptors (Lipinski definition) is 6. The summed E-state index contributed by atoms with van der Waals surface area (Å²) < 4.78 is 21.8. The van der Waals surface area contributed by atoms with Gasteiger partial charge >= 0.3 is 5.97 Å². The van der Waals surface area contributed by atoms with Gasteiger partial charge in [0.1, 0.15) is 5.82 Å². The van der Waals surface area contributed by atoms with E-state index in [2.05, 4.69) is 15.2 Å². The van der Waals surface area contributed by atoms with Crippen molar-refractivity contribution < 1.29 is 18.7 Å². The minimum atomic E-state index is -0.509. The summed E-state index contributed by atoms with van der Waals surface area (Å²) in [5.74, 6) is -0.490. The number of aromatic amines is 1. The molecule has 1 saturated carbocycles. The fourth-order valence-electron chi connectivity index (χ4n) is 4.66. The number of aromatic nitrogens is 4. The Bertz CT molecular complexity index is 1200. The number of ether oxygens (including phenoxy) is 1. The Hall–Kier alpha value is -2.94. The minimum Gasteiger partial charge on any atom is -0.462 e. The lowest BCUT2D eigenvalue weighted by Gasteiger charge is -2.25. The Morgan fingerprint density at radius 1 is 1.12 bits per heavy atom. The van der Waals surface area contributed by atoms with Crippen molar-refractivity contribution in [2.75, 3.05) is 12.4 Å². The minimum absolute atomic E-state index is 0.0761. The smallest absolute Gasteiger partial charge is 0.340 e. The highest BCUT2D eigenvalue weighted by Gasteiger charge is 2.28. The first-order chi connectivity index (χ1) is 16.4. The van der Waals surface area contributed by atoms with E-state index in [0.29, 0.717) is 33.5 Å². The molecule has 180 valence electrons. The normalized spacial score (nSPS) is 14.4. The van der Waals surface area contributed by atoms with Gasteiger partial charge in [0.2, 0.25) is 0 Å². The molecule has 1 aliphatic carbocycles. The van der Waals surface area contributed by atoms with Gasteiger partial charge in [-0.3, -0.25) is 9.36 Å². The maximum Gasteiger partial charge on any atom is 0.340 e. The number of esters is 1. The molecule has 4 rings (SSSR count). The lowest BCUT2D eigenvalue weighted by Crippen LogP contribution is -2.16. The highest BCUT2D eigenvalue weighted by molar-refractivity contribution is 7.99. The molecular weight excluding hydrogens is 455 g/mol. The van der Waals surface area contributed by atoms with Crippen molar-refractivity contribution >= 4 is 23.5 Å². The Labute approximate surface area is 202 Å². The molecule has 0 aliphatic heterocycles. The van der Waals surface area contributed by atoms with E-state index in [1.54, 1.807) is 39.0 Å². The van der Waals surface area contributed by atoms with Crippen LogP contribution in [-0.2, 0) is 4.74 Å². The van der Waals surface area contributed by atoms with Gasteiger partial charge in [0, 0.05) is 17.4 Å². The van der Waals surface area contributed by atoms with E-state index in [1.165, 1.54) is 24.2 Å². The summed E-state index contributed by atoms with van der Waals surface area (Å²) in [4.78, 5) is 28.8. The van der Waals surface area contributed by atoms with Crippen molar-refractivity contribution in [2.24, 2.45) is 0 Å². The zero-order valence-corrected chi connectivity index (χ0v) is 20.5. The van der Waals surface area contributed by atoms with Gasteiger partial charge in [0.05, 0.1) is 29.1 Å². The molecule has 0 bridgehead atoms. The molecule has 1 aromatic carbocycles. The van der Waals surface area contributed by atoms with Gasteiger partial charge in [0.25, 0.3) is 0 Å². The van der Waals surface area contributed by atoms with Crippen molar-refractivity contribution in [2.45, 2.75) is 64.1 Å². The van der Waals surface area contributed by atoms with Crippen molar-refractivity contribution in [3.8, 4) is 11.4 Å². The average Bonchev–Trinajstić information content (AvgIpc) is 3.38. The zero-order valence-electron chi connectivity index (χ0n) is 19.7. The number of H-pyrrole nitrogens is 1. The molecule has 1 aliphatic rings. The number of aryl methyl sites for hydroxylation is 2. The first-order valence-corrected chi connectivity index (χ1v) is 12.6. The summed E-state index contributed by atoms with van der Waals surface area (Å²) in [5.41, 5.74) is 2.27. The van der Waals surface area contributed by atoms with Crippen molar-refractivity contribution in [1.29, 1.82) is 0 Å². The number of halogens is 1. The second-order valence-corrected chi connectivity index (χ2v) is 9.45. The van der Waals surface area contributed by atoms with E-state index in [4.69, 9.17) is 4.74 Å². The van der Waals surface area contributed by atoms with Gasteiger partial charge in [-0.15, -0.1) is 10.2 Å². The van der Waals surface area contributed by atoms with Gasteiger partial charge < -0.3 is 9.72 Å². The Kier molecular flexibility index (Phi) is 7.50. The van der Waals surface area contributed by atoms with Crippen LogP contribution >= 0.6 is 11.8 Å². The number of rotatable bonds is 8. The monoisotopic (exact) mass is 484 g/mol. The van der Waals surface area contributed by atoms with Crippen LogP contribution in [0.3, 0.4) is 0 Å². The lowest BCUT2D eigenvalue weighted by atomic mass is 9.95.